The van der Waals surface area contributed by atoms with Gasteiger partial charge in [-0.25, -0.2) is 0 Å². The van der Waals surface area contributed by atoms with E-state index in [-0.39, 0.29) is 18.2 Å². The van der Waals surface area contributed by atoms with Crippen LogP contribution in [0.4, 0.5) is 5.69 Å². The number of ether oxygens (including phenoxy) is 1. The molecule has 2 aromatic carbocycles. The van der Waals surface area contributed by atoms with Crippen LogP contribution in [0.3, 0.4) is 0 Å². The van der Waals surface area contributed by atoms with Crippen LogP contribution in [0, 0.1) is 0 Å². The number of para-hydroxylation sites is 1. The monoisotopic (exact) mass is 480 g/mol. The van der Waals surface area contributed by atoms with Gasteiger partial charge in [0.2, 0.25) is 0 Å². The summed E-state index contributed by atoms with van der Waals surface area (Å²) in [6, 6.07) is 13.5. The number of aliphatic hydroxyl groups is 1. The molecule has 34 heavy (non-hydrogen) atoms. The fourth-order valence-electron chi connectivity index (χ4n) is 5.31. The normalized spacial score (nSPS) is 25.6. The summed E-state index contributed by atoms with van der Waals surface area (Å²) >= 11 is 6.01. The first kappa shape index (κ1) is 22.6. The van der Waals surface area contributed by atoms with Crippen LogP contribution in [-0.2, 0) is 24.7 Å². The van der Waals surface area contributed by atoms with Gasteiger partial charge in [0.25, 0.3) is 17.6 Å². The van der Waals surface area contributed by atoms with E-state index in [0.717, 1.165) is 12.8 Å². The van der Waals surface area contributed by atoms with Gasteiger partial charge < -0.3 is 19.6 Å². The molecule has 2 amide bonds. The first-order valence-electron chi connectivity index (χ1n) is 11.5. The van der Waals surface area contributed by atoms with Crippen molar-refractivity contribution in [3.05, 3.63) is 70.3 Å². The second kappa shape index (κ2) is 8.56. The van der Waals surface area contributed by atoms with Crippen molar-refractivity contribution in [1.29, 1.82) is 0 Å². The number of halogens is 1. The molecule has 2 fully saturated rings. The Morgan fingerprint density at radius 3 is 2.56 bits per heavy atom. The smallest absolute Gasteiger partial charge is 0.296 e. The van der Waals surface area contributed by atoms with Crippen molar-refractivity contribution >= 4 is 40.6 Å². The molecule has 7 nitrogen and oxygen atoms in total. The second-order valence-electron chi connectivity index (χ2n) is 8.79. The van der Waals surface area contributed by atoms with Crippen molar-refractivity contribution in [3.8, 4) is 0 Å². The summed E-state index contributed by atoms with van der Waals surface area (Å²) in [5.74, 6) is -2.51. The SMILES string of the molecule is CCCN1C(=O)[C@]2(C(=C(O)c3ccc(Cl)cc3)C(=O)C(=O)N2C[C@H]2CCCO2)c2ccccc21. The Morgan fingerprint density at radius 1 is 1.15 bits per heavy atom. The van der Waals surface area contributed by atoms with Crippen molar-refractivity contribution in [1.82, 2.24) is 4.90 Å². The number of benzene rings is 2. The van der Waals surface area contributed by atoms with Gasteiger partial charge in [0.15, 0.2) is 5.54 Å². The van der Waals surface area contributed by atoms with Crippen LogP contribution >= 0.6 is 11.6 Å². The summed E-state index contributed by atoms with van der Waals surface area (Å²) in [7, 11) is 0. The quantitative estimate of drug-likeness (QED) is 0.399. The predicted octanol–water partition coefficient (Wildman–Crippen LogP) is 3.85. The molecule has 1 spiro atoms. The van der Waals surface area contributed by atoms with Gasteiger partial charge in [-0.15, -0.1) is 0 Å². The lowest BCUT2D eigenvalue weighted by Crippen LogP contribution is -2.53. The van der Waals surface area contributed by atoms with Gasteiger partial charge in [-0.1, -0.05) is 36.7 Å². The lowest BCUT2D eigenvalue weighted by Gasteiger charge is -2.35. The van der Waals surface area contributed by atoms with Gasteiger partial charge in [-0.05, 0) is 49.6 Å². The van der Waals surface area contributed by atoms with Gasteiger partial charge >= 0.3 is 0 Å². The fraction of sp³-hybridized carbons (Fsp3) is 0.346. The summed E-state index contributed by atoms with van der Waals surface area (Å²) in [6.45, 7) is 3.03. The number of aliphatic hydroxyl groups excluding tert-OH is 1. The van der Waals surface area contributed by atoms with E-state index in [1.54, 1.807) is 41.3 Å². The highest BCUT2D eigenvalue weighted by Gasteiger charge is 2.67. The van der Waals surface area contributed by atoms with Crippen LogP contribution in [-0.4, -0.2) is 53.4 Å². The molecule has 3 aliphatic rings. The van der Waals surface area contributed by atoms with Gasteiger partial charge in [0.05, 0.1) is 17.4 Å². The van der Waals surface area contributed by atoms with Gasteiger partial charge in [-0.3, -0.25) is 14.4 Å². The summed E-state index contributed by atoms with van der Waals surface area (Å²) in [4.78, 5) is 44.1. The molecule has 2 atom stereocenters. The summed E-state index contributed by atoms with van der Waals surface area (Å²) in [5, 5.41) is 11.9. The molecule has 0 unspecified atom stereocenters. The van der Waals surface area contributed by atoms with E-state index in [4.69, 9.17) is 16.3 Å². The topological polar surface area (TPSA) is 87.2 Å². The van der Waals surface area contributed by atoms with E-state index < -0.39 is 28.9 Å². The number of carbonyl (C=O) groups is 3. The Bertz CT molecular complexity index is 1200. The van der Waals surface area contributed by atoms with Crippen molar-refractivity contribution in [3.63, 3.8) is 0 Å². The second-order valence-corrected chi connectivity index (χ2v) is 9.23. The van der Waals surface area contributed by atoms with E-state index in [2.05, 4.69) is 0 Å². The van der Waals surface area contributed by atoms with E-state index >= 15 is 0 Å². The minimum absolute atomic E-state index is 0.0853. The molecule has 0 aliphatic carbocycles. The molecule has 0 radical (unpaired) electrons. The molecule has 0 bridgehead atoms. The molecule has 0 saturated carbocycles. The lowest BCUT2D eigenvalue weighted by atomic mass is 9.81. The minimum atomic E-state index is -1.75. The molecule has 2 aromatic rings. The zero-order chi connectivity index (χ0) is 24.0. The maximum atomic E-state index is 14.2. The number of likely N-dealkylation sites (tertiary alicyclic amines) is 1. The van der Waals surface area contributed by atoms with E-state index in [1.807, 2.05) is 19.1 Å². The number of carbonyl (C=O) groups excluding carboxylic acids is 3. The zero-order valence-electron chi connectivity index (χ0n) is 18.8. The molecule has 0 aromatic heterocycles. The molecule has 8 heteroatoms. The third-order valence-corrected chi connectivity index (χ3v) is 7.04. The Kier molecular flexibility index (Phi) is 5.70. The lowest BCUT2D eigenvalue weighted by molar-refractivity contribution is -0.145. The first-order valence-corrected chi connectivity index (χ1v) is 11.9. The minimum Gasteiger partial charge on any atom is -0.507 e. The van der Waals surface area contributed by atoms with Crippen molar-refractivity contribution < 1.29 is 24.2 Å². The average Bonchev–Trinajstić information content (AvgIpc) is 3.49. The molecule has 176 valence electrons. The average molecular weight is 481 g/mol. The van der Waals surface area contributed by atoms with Crippen LogP contribution in [0.2, 0.25) is 5.02 Å². The third-order valence-electron chi connectivity index (χ3n) is 6.78. The Labute approximate surface area is 202 Å². The molecule has 3 heterocycles. The van der Waals surface area contributed by atoms with Gasteiger partial charge in [-0.2, -0.15) is 0 Å². The molecule has 2 saturated heterocycles. The largest absolute Gasteiger partial charge is 0.507 e. The highest BCUT2D eigenvalue weighted by molar-refractivity contribution is 6.50. The number of ketones is 1. The molecule has 5 rings (SSSR count). The summed E-state index contributed by atoms with van der Waals surface area (Å²) in [5.41, 5.74) is -0.515. The Hall–Kier alpha value is -3.16. The number of nitrogens with zero attached hydrogens (tertiary/aromatic N) is 2. The van der Waals surface area contributed by atoms with Crippen LogP contribution in [0.15, 0.2) is 54.1 Å². The number of Topliss-reactive ketones (excluding diaryl/α,β-unsaturated/α-hetero) is 1. The van der Waals surface area contributed by atoms with Crippen LogP contribution < -0.4 is 4.90 Å². The number of amides is 2. The first-order chi connectivity index (χ1) is 16.4. The van der Waals surface area contributed by atoms with E-state index in [9.17, 15) is 19.5 Å². The number of rotatable bonds is 5. The predicted molar refractivity (Wildman–Crippen MR) is 127 cm³/mol. The van der Waals surface area contributed by atoms with Gasteiger partial charge in [0, 0.05) is 35.8 Å². The van der Waals surface area contributed by atoms with Crippen molar-refractivity contribution in [2.24, 2.45) is 0 Å². The highest BCUT2D eigenvalue weighted by atomic mass is 35.5. The van der Waals surface area contributed by atoms with Gasteiger partial charge in [0.1, 0.15) is 5.76 Å². The maximum absolute atomic E-state index is 14.2. The Balaban J connectivity index is 1.79. The highest BCUT2D eigenvalue weighted by Crippen LogP contribution is 2.53. The maximum Gasteiger partial charge on any atom is 0.296 e. The van der Waals surface area contributed by atoms with Crippen LogP contribution in [0.5, 0.6) is 0 Å². The summed E-state index contributed by atoms with van der Waals surface area (Å²) in [6.07, 6.45) is 1.97. The van der Waals surface area contributed by atoms with E-state index in [1.165, 1.54) is 4.90 Å². The number of fused-ring (bicyclic) bond motifs is 2. The third kappa shape index (κ3) is 3.18. The summed E-state index contributed by atoms with van der Waals surface area (Å²) < 4.78 is 5.77. The molecule has 3 aliphatic heterocycles. The van der Waals surface area contributed by atoms with Crippen LogP contribution in [0.1, 0.15) is 37.3 Å². The molecular formula is C26H25ClN2O5. The Morgan fingerprint density at radius 2 is 1.88 bits per heavy atom. The fourth-order valence-corrected chi connectivity index (χ4v) is 5.43. The number of anilines is 1. The van der Waals surface area contributed by atoms with Crippen molar-refractivity contribution in [2.45, 2.75) is 37.8 Å². The standard InChI is InChI=1S/C26H25ClN2O5/c1-2-13-28-20-8-4-3-7-19(20)26(25(28)33)21(22(30)16-9-11-17(27)12-10-16)23(31)24(32)29(26)15-18-6-5-14-34-18/h3-4,7-12,18,30H,2,5-6,13-15H2,1H3/t18-,26-/m1/s1. The van der Waals surface area contributed by atoms with Crippen LogP contribution in [0.25, 0.3) is 5.76 Å². The zero-order valence-corrected chi connectivity index (χ0v) is 19.5. The number of hydrogen-bond donors (Lipinski definition) is 1. The molecular weight excluding hydrogens is 456 g/mol. The number of hydrogen-bond acceptors (Lipinski definition) is 5. The van der Waals surface area contributed by atoms with Crippen molar-refractivity contribution in [2.75, 3.05) is 24.6 Å². The molecule has 1 N–H and O–H groups in total. The van der Waals surface area contributed by atoms with E-state index in [0.29, 0.717) is 41.4 Å².